The average Bonchev–Trinajstić information content (AvgIpc) is 3.02. The van der Waals surface area contributed by atoms with Crippen molar-refractivity contribution in [1.82, 2.24) is 13.7 Å². The van der Waals surface area contributed by atoms with Crippen LogP contribution in [0.2, 0.25) is 0 Å². The van der Waals surface area contributed by atoms with Crippen molar-refractivity contribution in [3.8, 4) is 0 Å². The van der Waals surface area contributed by atoms with Crippen LogP contribution in [0, 0.1) is 0 Å². The van der Waals surface area contributed by atoms with E-state index >= 15 is 0 Å². The Labute approximate surface area is 148 Å². The summed E-state index contributed by atoms with van der Waals surface area (Å²) in [7, 11) is -4.09. The fourth-order valence-electron chi connectivity index (χ4n) is 2.63. The molecule has 0 unspecified atom stereocenters. The number of imidazole rings is 1. The summed E-state index contributed by atoms with van der Waals surface area (Å²) in [6, 6.07) is 9.14. The molecule has 0 saturated heterocycles. The van der Waals surface area contributed by atoms with E-state index in [-0.39, 0.29) is 18.0 Å². The topological polar surface area (TPSA) is 54.7 Å². The molecule has 0 fully saturated rings. The van der Waals surface area contributed by atoms with Gasteiger partial charge < -0.3 is 4.40 Å². The minimum absolute atomic E-state index is 0.000257. The third-order valence-corrected chi connectivity index (χ3v) is 5.90. The highest BCUT2D eigenvalue weighted by molar-refractivity contribution is 7.89. The first-order valence-electron chi connectivity index (χ1n) is 7.82. The quantitative estimate of drug-likeness (QED) is 0.677. The highest BCUT2D eigenvalue weighted by Gasteiger charge is 2.33. The molecule has 26 heavy (non-hydrogen) atoms. The molecule has 0 saturated carbocycles. The molecule has 0 atom stereocenters. The first-order valence-corrected chi connectivity index (χ1v) is 9.26. The van der Waals surface area contributed by atoms with Gasteiger partial charge >= 0.3 is 6.18 Å². The van der Waals surface area contributed by atoms with Crippen LogP contribution in [-0.4, -0.2) is 28.7 Å². The molecule has 3 aromatic rings. The Bertz CT molecular complexity index is 1030. The van der Waals surface area contributed by atoms with Crippen LogP contribution in [0.25, 0.3) is 5.65 Å². The van der Waals surface area contributed by atoms with Crippen molar-refractivity contribution in [2.24, 2.45) is 0 Å². The second-order valence-corrected chi connectivity index (χ2v) is 7.57. The number of aromatic nitrogens is 2. The molecule has 0 aliphatic rings. The van der Waals surface area contributed by atoms with Gasteiger partial charge in [0.15, 0.2) is 0 Å². The maximum absolute atomic E-state index is 12.9. The maximum atomic E-state index is 12.9. The van der Waals surface area contributed by atoms with Gasteiger partial charge in [-0.2, -0.15) is 17.5 Å². The summed E-state index contributed by atoms with van der Waals surface area (Å²) in [6.07, 6.45) is -1.30. The number of rotatable bonds is 5. The lowest BCUT2D eigenvalue weighted by molar-refractivity contribution is -0.137. The van der Waals surface area contributed by atoms with Gasteiger partial charge in [-0.25, -0.2) is 13.4 Å². The van der Waals surface area contributed by atoms with Gasteiger partial charge in [0.05, 0.1) is 28.9 Å². The van der Waals surface area contributed by atoms with E-state index in [2.05, 4.69) is 4.98 Å². The predicted octanol–water partition coefficient (Wildman–Crippen LogP) is 3.56. The largest absolute Gasteiger partial charge is 0.416 e. The Hall–Kier alpha value is -2.39. The van der Waals surface area contributed by atoms with E-state index in [0.29, 0.717) is 17.4 Å². The lowest BCUT2D eigenvalue weighted by Gasteiger charge is -2.21. The van der Waals surface area contributed by atoms with Crippen LogP contribution < -0.4 is 0 Å². The third kappa shape index (κ3) is 3.45. The zero-order valence-electron chi connectivity index (χ0n) is 13.8. The second-order valence-electron chi connectivity index (χ2n) is 5.64. The zero-order valence-corrected chi connectivity index (χ0v) is 14.6. The molecule has 1 aromatic carbocycles. The number of benzene rings is 1. The fourth-order valence-corrected chi connectivity index (χ4v) is 4.10. The van der Waals surface area contributed by atoms with E-state index < -0.39 is 21.8 Å². The molecule has 3 rings (SSSR count). The third-order valence-electron chi connectivity index (χ3n) is 3.98. The van der Waals surface area contributed by atoms with Crippen molar-refractivity contribution in [3.05, 3.63) is 66.1 Å². The normalized spacial score (nSPS) is 12.8. The van der Waals surface area contributed by atoms with Crippen LogP contribution in [-0.2, 0) is 22.7 Å². The number of sulfonamides is 1. The number of alkyl halides is 3. The van der Waals surface area contributed by atoms with Crippen molar-refractivity contribution < 1.29 is 21.6 Å². The Morgan fingerprint density at radius 1 is 1.15 bits per heavy atom. The van der Waals surface area contributed by atoms with Crippen LogP contribution in [0.4, 0.5) is 13.2 Å². The summed E-state index contributed by atoms with van der Waals surface area (Å²) in [4.78, 5) is 3.81. The molecule has 0 bridgehead atoms. The van der Waals surface area contributed by atoms with Crippen molar-refractivity contribution in [3.63, 3.8) is 0 Å². The van der Waals surface area contributed by atoms with Crippen LogP contribution in [0.15, 0.2) is 59.8 Å². The molecule has 0 spiro atoms. The Morgan fingerprint density at radius 3 is 2.62 bits per heavy atom. The molecular formula is C17H16F3N3O2S. The van der Waals surface area contributed by atoms with Crippen molar-refractivity contribution in [2.45, 2.75) is 24.5 Å². The summed E-state index contributed by atoms with van der Waals surface area (Å²) in [6.45, 7) is 1.74. The van der Waals surface area contributed by atoms with E-state index in [9.17, 15) is 21.6 Å². The minimum atomic E-state index is -4.61. The van der Waals surface area contributed by atoms with Crippen molar-refractivity contribution in [2.75, 3.05) is 6.54 Å². The van der Waals surface area contributed by atoms with E-state index in [0.717, 1.165) is 16.4 Å². The van der Waals surface area contributed by atoms with Gasteiger partial charge in [-0.1, -0.05) is 19.1 Å². The van der Waals surface area contributed by atoms with Gasteiger partial charge in [-0.3, -0.25) is 0 Å². The van der Waals surface area contributed by atoms with Gasteiger partial charge in [0, 0.05) is 12.7 Å². The lowest BCUT2D eigenvalue weighted by atomic mass is 10.2. The van der Waals surface area contributed by atoms with Gasteiger partial charge in [0.2, 0.25) is 10.0 Å². The molecule has 0 N–H and O–H groups in total. The fraction of sp³-hybridized carbons (Fsp3) is 0.235. The first-order chi connectivity index (χ1) is 12.2. The summed E-state index contributed by atoms with van der Waals surface area (Å²) < 4.78 is 67.2. The van der Waals surface area contributed by atoms with Gasteiger partial charge in [-0.15, -0.1) is 0 Å². The minimum Gasteiger partial charge on any atom is -0.303 e. The molecule has 0 aliphatic heterocycles. The molecule has 9 heteroatoms. The number of hydrogen-bond acceptors (Lipinski definition) is 3. The number of pyridine rings is 1. The smallest absolute Gasteiger partial charge is 0.303 e. The van der Waals surface area contributed by atoms with Crippen LogP contribution in [0.1, 0.15) is 18.2 Å². The molecule has 2 aromatic heterocycles. The second kappa shape index (κ2) is 6.73. The monoisotopic (exact) mass is 383 g/mol. The number of nitrogens with zero attached hydrogens (tertiary/aromatic N) is 3. The summed E-state index contributed by atoms with van der Waals surface area (Å²) in [5, 5.41) is 0. The highest BCUT2D eigenvalue weighted by atomic mass is 32.2. The molecule has 5 nitrogen and oxygen atoms in total. The molecular weight excluding hydrogens is 367 g/mol. The first kappa shape index (κ1) is 18.4. The Morgan fingerprint density at radius 2 is 1.92 bits per heavy atom. The maximum Gasteiger partial charge on any atom is 0.416 e. The molecule has 138 valence electrons. The Kier molecular flexibility index (Phi) is 4.76. The van der Waals surface area contributed by atoms with Gasteiger partial charge in [-0.05, 0) is 30.3 Å². The SMILES string of the molecule is CCN(Cc1cnc2ccccn12)S(=O)(=O)c1cccc(C(F)(F)F)c1. The van der Waals surface area contributed by atoms with E-state index in [1.165, 1.54) is 6.07 Å². The van der Waals surface area contributed by atoms with Crippen molar-refractivity contribution in [1.29, 1.82) is 0 Å². The van der Waals surface area contributed by atoms with E-state index in [1.807, 2.05) is 6.07 Å². The molecule has 0 radical (unpaired) electrons. The summed E-state index contributed by atoms with van der Waals surface area (Å²) >= 11 is 0. The van der Waals surface area contributed by atoms with Crippen LogP contribution in [0.3, 0.4) is 0 Å². The van der Waals surface area contributed by atoms with Crippen molar-refractivity contribution >= 4 is 15.7 Å². The molecule has 2 heterocycles. The standard InChI is InChI=1S/C17H16F3N3O2S/c1-2-22(12-14-11-21-16-8-3-4-9-23(14)16)26(24,25)15-7-5-6-13(10-15)17(18,19)20/h3-11H,2,12H2,1H3. The number of fused-ring (bicyclic) bond motifs is 1. The number of hydrogen-bond donors (Lipinski definition) is 0. The lowest BCUT2D eigenvalue weighted by Crippen LogP contribution is -2.31. The molecule has 0 amide bonds. The summed E-state index contributed by atoms with van der Waals surface area (Å²) in [5.74, 6) is 0. The number of halogens is 3. The zero-order chi connectivity index (χ0) is 18.9. The predicted molar refractivity (Wildman–Crippen MR) is 89.9 cm³/mol. The van der Waals surface area contributed by atoms with Gasteiger partial charge in [0.25, 0.3) is 0 Å². The van der Waals surface area contributed by atoms with Crippen LogP contribution >= 0.6 is 0 Å². The molecule has 0 aliphatic carbocycles. The Balaban J connectivity index is 1.96. The summed E-state index contributed by atoms with van der Waals surface area (Å²) in [5.41, 5.74) is 0.289. The average molecular weight is 383 g/mol. The van der Waals surface area contributed by atoms with Crippen LogP contribution in [0.5, 0.6) is 0 Å². The van der Waals surface area contributed by atoms with Gasteiger partial charge in [0.1, 0.15) is 5.65 Å². The highest BCUT2D eigenvalue weighted by Crippen LogP contribution is 2.31. The van der Waals surface area contributed by atoms with E-state index in [1.54, 1.807) is 35.9 Å². The van der Waals surface area contributed by atoms with E-state index in [4.69, 9.17) is 0 Å².